The van der Waals surface area contributed by atoms with E-state index >= 15 is 0 Å². The number of hydrogen-bond donors (Lipinski definition) is 2. The Labute approximate surface area is 169 Å². The van der Waals surface area contributed by atoms with Crippen molar-refractivity contribution in [2.45, 2.75) is 19.6 Å². The maximum absolute atomic E-state index is 12.3. The highest BCUT2D eigenvalue weighted by molar-refractivity contribution is 7.80. The van der Waals surface area contributed by atoms with E-state index < -0.39 is 12.0 Å². The van der Waals surface area contributed by atoms with Crippen molar-refractivity contribution >= 4 is 23.3 Å². The number of methoxy groups -OCH3 is 2. The molecule has 0 bridgehead atoms. The molecule has 1 atom stereocenters. The van der Waals surface area contributed by atoms with Gasteiger partial charge in [-0.05, 0) is 42.4 Å². The number of thiocarbonyl (C=S) groups is 1. The van der Waals surface area contributed by atoms with E-state index in [1.165, 1.54) is 7.11 Å². The van der Waals surface area contributed by atoms with Gasteiger partial charge in [-0.15, -0.1) is 0 Å². The van der Waals surface area contributed by atoms with Crippen molar-refractivity contribution in [3.8, 4) is 11.5 Å². The number of hydrogen-bond acceptors (Lipinski definition) is 5. The Morgan fingerprint density at radius 1 is 1.11 bits per heavy atom. The quantitative estimate of drug-likeness (QED) is 0.572. The van der Waals surface area contributed by atoms with Crippen molar-refractivity contribution in [2.24, 2.45) is 0 Å². The number of carbonyl (C=O) groups excluding carboxylic acids is 1. The molecule has 1 aliphatic rings. The van der Waals surface area contributed by atoms with Gasteiger partial charge in [0.15, 0.2) is 16.6 Å². The average Bonchev–Trinajstić information content (AvgIpc) is 2.71. The summed E-state index contributed by atoms with van der Waals surface area (Å²) in [6.07, 6.45) is 0. The maximum atomic E-state index is 12.3. The zero-order valence-electron chi connectivity index (χ0n) is 15.9. The summed E-state index contributed by atoms with van der Waals surface area (Å²) in [6.45, 7) is 2.22. The van der Waals surface area contributed by atoms with E-state index in [9.17, 15) is 4.79 Å². The largest absolute Gasteiger partial charge is 0.493 e. The highest BCUT2D eigenvalue weighted by Gasteiger charge is 2.31. The third-order valence-corrected chi connectivity index (χ3v) is 4.65. The van der Waals surface area contributed by atoms with Crippen LogP contribution in [0.3, 0.4) is 0 Å². The van der Waals surface area contributed by atoms with Crippen LogP contribution in [0, 0.1) is 0 Å². The predicted octanol–water partition coefficient (Wildman–Crippen LogP) is 3.24. The molecule has 2 aromatic rings. The van der Waals surface area contributed by atoms with Gasteiger partial charge in [0, 0.05) is 5.70 Å². The molecule has 6 nitrogen and oxygen atoms in total. The molecule has 0 saturated heterocycles. The lowest BCUT2D eigenvalue weighted by molar-refractivity contribution is -0.136. The smallest absolute Gasteiger partial charge is 0.337 e. The topological polar surface area (TPSA) is 68.8 Å². The second kappa shape index (κ2) is 8.75. The molecule has 0 spiro atoms. The van der Waals surface area contributed by atoms with Gasteiger partial charge in [0.25, 0.3) is 0 Å². The first-order chi connectivity index (χ1) is 13.5. The van der Waals surface area contributed by atoms with Crippen LogP contribution in [0.5, 0.6) is 11.5 Å². The number of benzene rings is 2. The Morgan fingerprint density at radius 3 is 2.54 bits per heavy atom. The van der Waals surface area contributed by atoms with E-state index in [-0.39, 0.29) is 0 Å². The van der Waals surface area contributed by atoms with Crippen molar-refractivity contribution in [1.29, 1.82) is 0 Å². The molecule has 0 aliphatic carbocycles. The minimum atomic E-state index is -0.446. The maximum Gasteiger partial charge on any atom is 0.337 e. The van der Waals surface area contributed by atoms with Crippen LogP contribution in [-0.2, 0) is 16.1 Å². The molecular weight excluding hydrogens is 376 g/mol. The molecular formula is C21H22N2O4S. The van der Waals surface area contributed by atoms with Crippen molar-refractivity contribution in [3.63, 3.8) is 0 Å². The lowest BCUT2D eigenvalue weighted by Gasteiger charge is -2.30. The Kier molecular flexibility index (Phi) is 6.16. The minimum absolute atomic E-state index is 0.423. The molecule has 1 aliphatic heterocycles. The summed E-state index contributed by atoms with van der Waals surface area (Å²) >= 11 is 5.25. The molecule has 7 heteroatoms. The third kappa shape index (κ3) is 4.26. The summed E-state index contributed by atoms with van der Waals surface area (Å²) in [7, 11) is 2.94. The van der Waals surface area contributed by atoms with Crippen molar-refractivity contribution in [1.82, 2.24) is 10.6 Å². The molecule has 0 unspecified atom stereocenters. The summed E-state index contributed by atoms with van der Waals surface area (Å²) < 4.78 is 16.4. The summed E-state index contributed by atoms with van der Waals surface area (Å²) in [4.78, 5) is 12.3. The standard InChI is InChI=1S/C21H22N2O4S/c1-13-18(20(24)26-3)19(23-21(28)22-13)15-9-10-16(17(11-15)25-2)27-12-14-7-5-4-6-8-14/h4-11,19H,12H2,1-3H3,(H2,22,23,28)/t19-/m0/s1. The van der Waals surface area contributed by atoms with Gasteiger partial charge >= 0.3 is 5.97 Å². The zero-order valence-corrected chi connectivity index (χ0v) is 16.8. The van der Waals surface area contributed by atoms with Crippen LogP contribution in [0.25, 0.3) is 0 Å². The lowest BCUT2D eigenvalue weighted by atomic mass is 9.95. The fraction of sp³-hybridized carbons (Fsp3) is 0.238. The van der Waals surface area contributed by atoms with Gasteiger partial charge in [-0.1, -0.05) is 36.4 Å². The number of carbonyl (C=O) groups is 1. The fourth-order valence-electron chi connectivity index (χ4n) is 3.04. The third-order valence-electron chi connectivity index (χ3n) is 4.43. The first-order valence-electron chi connectivity index (χ1n) is 8.74. The summed E-state index contributed by atoms with van der Waals surface area (Å²) in [5, 5.41) is 6.53. The van der Waals surface area contributed by atoms with Crippen LogP contribution in [0.1, 0.15) is 24.1 Å². The van der Waals surface area contributed by atoms with E-state index in [1.54, 1.807) is 14.0 Å². The van der Waals surface area contributed by atoms with Gasteiger partial charge in [0.05, 0.1) is 25.8 Å². The first kappa shape index (κ1) is 19.7. The molecule has 0 amide bonds. The highest BCUT2D eigenvalue weighted by Crippen LogP contribution is 2.34. The second-order valence-electron chi connectivity index (χ2n) is 6.25. The predicted molar refractivity (Wildman–Crippen MR) is 110 cm³/mol. The normalized spacial score (nSPS) is 16.1. The van der Waals surface area contributed by atoms with E-state index in [4.69, 9.17) is 26.4 Å². The number of rotatable bonds is 6. The van der Waals surface area contributed by atoms with Crippen LogP contribution in [0.2, 0.25) is 0 Å². The van der Waals surface area contributed by atoms with E-state index in [1.807, 2.05) is 48.5 Å². The monoisotopic (exact) mass is 398 g/mol. The van der Waals surface area contributed by atoms with Crippen LogP contribution in [0.15, 0.2) is 59.8 Å². The molecule has 3 rings (SSSR count). The van der Waals surface area contributed by atoms with E-state index in [0.717, 1.165) is 11.1 Å². The van der Waals surface area contributed by atoms with E-state index in [0.29, 0.717) is 34.5 Å². The molecule has 28 heavy (non-hydrogen) atoms. The number of esters is 1. The van der Waals surface area contributed by atoms with Crippen LogP contribution >= 0.6 is 12.2 Å². The van der Waals surface area contributed by atoms with Gasteiger partial charge in [0.2, 0.25) is 0 Å². The summed E-state index contributed by atoms with van der Waals surface area (Å²) in [5.74, 6) is 0.766. The zero-order chi connectivity index (χ0) is 20.1. The van der Waals surface area contributed by atoms with Crippen molar-refractivity contribution < 1.29 is 19.0 Å². The summed E-state index contributed by atoms with van der Waals surface area (Å²) in [6, 6.07) is 15.0. The van der Waals surface area contributed by atoms with Gasteiger partial charge in [-0.2, -0.15) is 0 Å². The van der Waals surface area contributed by atoms with Gasteiger partial charge in [-0.3, -0.25) is 0 Å². The molecule has 0 saturated carbocycles. The number of allylic oxidation sites excluding steroid dienone is 1. The number of nitrogens with one attached hydrogen (secondary N) is 2. The van der Waals surface area contributed by atoms with E-state index in [2.05, 4.69) is 10.6 Å². The Bertz CT molecular complexity index is 912. The Morgan fingerprint density at radius 2 is 1.86 bits per heavy atom. The average molecular weight is 398 g/mol. The molecule has 0 aromatic heterocycles. The van der Waals surface area contributed by atoms with Crippen LogP contribution in [-0.4, -0.2) is 25.3 Å². The van der Waals surface area contributed by atoms with Gasteiger partial charge in [-0.25, -0.2) is 4.79 Å². The minimum Gasteiger partial charge on any atom is -0.493 e. The highest BCUT2D eigenvalue weighted by atomic mass is 32.1. The SMILES string of the molecule is COC(=O)C1=C(C)NC(=S)N[C@H]1c1ccc(OCc2ccccc2)c(OC)c1. The van der Waals surface area contributed by atoms with Crippen molar-refractivity contribution in [3.05, 3.63) is 70.9 Å². The Balaban J connectivity index is 1.88. The first-order valence-corrected chi connectivity index (χ1v) is 9.15. The molecule has 2 aromatic carbocycles. The lowest BCUT2D eigenvalue weighted by Crippen LogP contribution is -2.45. The van der Waals surface area contributed by atoms with Crippen molar-refractivity contribution in [2.75, 3.05) is 14.2 Å². The van der Waals surface area contributed by atoms with Crippen LogP contribution in [0.4, 0.5) is 0 Å². The van der Waals surface area contributed by atoms with Crippen LogP contribution < -0.4 is 20.1 Å². The molecule has 1 heterocycles. The molecule has 146 valence electrons. The number of ether oxygens (including phenoxy) is 3. The summed E-state index contributed by atoms with van der Waals surface area (Å²) in [5.41, 5.74) is 3.00. The second-order valence-corrected chi connectivity index (χ2v) is 6.65. The molecule has 0 fully saturated rings. The van der Waals surface area contributed by atoms with Gasteiger partial charge < -0.3 is 24.8 Å². The Hall–Kier alpha value is -3.06. The van der Waals surface area contributed by atoms with Gasteiger partial charge in [0.1, 0.15) is 6.61 Å². The fourth-order valence-corrected chi connectivity index (χ4v) is 3.31. The molecule has 0 radical (unpaired) electrons. The molecule has 2 N–H and O–H groups in total.